The average molecular weight is 178 g/mol. The van der Waals surface area contributed by atoms with Crippen LogP contribution < -0.4 is 0 Å². The number of allylic oxidation sites excluding steroid dienone is 2. The Hall–Kier alpha value is -1.38. The van der Waals surface area contributed by atoms with Gasteiger partial charge < -0.3 is 0 Å². The number of hydrogen-bond donors (Lipinski definition) is 0. The molecule has 0 aromatic carbocycles. The Morgan fingerprint density at radius 1 is 1.62 bits per heavy atom. The van der Waals surface area contributed by atoms with Gasteiger partial charge in [-0.15, -0.1) is 0 Å². The van der Waals surface area contributed by atoms with E-state index in [0.29, 0.717) is 5.69 Å². The molecule has 0 atom stereocenters. The van der Waals surface area contributed by atoms with Gasteiger partial charge in [-0.05, 0) is 25.5 Å². The minimum Gasteiger partial charge on any atom is -0.287 e. The summed E-state index contributed by atoms with van der Waals surface area (Å²) in [6.07, 6.45) is 6.10. The van der Waals surface area contributed by atoms with E-state index in [1.54, 1.807) is 16.8 Å². The van der Waals surface area contributed by atoms with Crippen LogP contribution in [0.15, 0.2) is 24.4 Å². The monoisotopic (exact) mass is 178 g/mol. The van der Waals surface area contributed by atoms with E-state index in [-0.39, 0.29) is 5.78 Å². The van der Waals surface area contributed by atoms with Gasteiger partial charge in [0, 0.05) is 12.7 Å². The molecule has 0 unspecified atom stereocenters. The maximum Gasteiger partial charge on any atom is 0.205 e. The number of aromatic nitrogens is 2. The van der Waals surface area contributed by atoms with Gasteiger partial charge in [0.15, 0.2) is 0 Å². The van der Waals surface area contributed by atoms with Crippen molar-refractivity contribution in [3.05, 3.63) is 30.1 Å². The Balaban J connectivity index is 2.71. The molecule has 1 aromatic heterocycles. The van der Waals surface area contributed by atoms with E-state index in [2.05, 4.69) is 5.10 Å². The van der Waals surface area contributed by atoms with Gasteiger partial charge in [-0.25, -0.2) is 0 Å². The van der Waals surface area contributed by atoms with Crippen LogP contribution in [0.3, 0.4) is 0 Å². The Morgan fingerprint density at radius 3 is 2.92 bits per heavy atom. The van der Waals surface area contributed by atoms with Crippen molar-refractivity contribution in [3.8, 4) is 0 Å². The van der Waals surface area contributed by atoms with Gasteiger partial charge in [0.1, 0.15) is 5.69 Å². The van der Waals surface area contributed by atoms with Crippen molar-refractivity contribution in [1.82, 2.24) is 9.78 Å². The van der Waals surface area contributed by atoms with E-state index in [1.165, 1.54) is 0 Å². The average Bonchev–Trinajstić information content (AvgIpc) is 2.62. The molecule has 1 heterocycles. The Labute approximate surface area is 78.1 Å². The molecule has 0 amide bonds. The minimum atomic E-state index is -0.0194. The zero-order valence-electron chi connectivity index (χ0n) is 8.03. The molecule has 0 bridgehead atoms. The molecule has 0 fully saturated rings. The first-order valence-electron chi connectivity index (χ1n) is 4.52. The SMILES string of the molecule is CC/C=C/C(=O)c1ccn(CC)n1. The second-order valence-electron chi connectivity index (χ2n) is 2.73. The second kappa shape index (κ2) is 4.60. The Bertz CT molecular complexity index is 312. The first kappa shape index (κ1) is 9.71. The van der Waals surface area contributed by atoms with Crippen LogP contribution in [0.25, 0.3) is 0 Å². The van der Waals surface area contributed by atoms with Crippen LogP contribution in [0.2, 0.25) is 0 Å². The molecule has 0 aliphatic rings. The molecular weight excluding hydrogens is 164 g/mol. The Kier molecular flexibility index (Phi) is 3.43. The molecule has 1 rings (SSSR count). The summed E-state index contributed by atoms with van der Waals surface area (Å²) in [7, 11) is 0. The first-order valence-corrected chi connectivity index (χ1v) is 4.52. The normalized spacial score (nSPS) is 10.9. The summed E-state index contributed by atoms with van der Waals surface area (Å²) >= 11 is 0. The minimum absolute atomic E-state index is 0.0194. The Morgan fingerprint density at radius 2 is 2.38 bits per heavy atom. The summed E-state index contributed by atoms with van der Waals surface area (Å²) in [5.74, 6) is -0.0194. The fraction of sp³-hybridized carbons (Fsp3) is 0.400. The summed E-state index contributed by atoms with van der Waals surface area (Å²) in [4.78, 5) is 11.4. The highest BCUT2D eigenvalue weighted by atomic mass is 16.1. The quantitative estimate of drug-likeness (QED) is 0.522. The van der Waals surface area contributed by atoms with Gasteiger partial charge in [0.25, 0.3) is 0 Å². The number of ketones is 1. The lowest BCUT2D eigenvalue weighted by Crippen LogP contribution is -1.99. The number of rotatable bonds is 4. The van der Waals surface area contributed by atoms with E-state index in [9.17, 15) is 4.79 Å². The summed E-state index contributed by atoms with van der Waals surface area (Å²) in [5, 5.41) is 4.10. The van der Waals surface area contributed by atoms with Gasteiger partial charge in [-0.1, -0.05) is 13.0 Å². The molecule has 0 spiro atoms. The molecule has 13 heavy (non-hydrogen) atoms. The van der Waals surface area contributed by atoms with Crippen LogP contribution in [0.5, 0.6) is 0 Å². The third kappa shape index (κ3) is 2.54. The van der Waals surface area contributed by atoms with Crippen molar-refractivity contribution in [3.63, 3.8) is 0 Å². The van der Waals surface area contributed by atoms with Gasteiger partial charge in [-0.2, -0.15) is 5.10 Å². The van der Waals surface area contributed by atoms with E-state index in [4.69, 9.17) is 0 Å². The molecule has 3 heteroatoms. The second-order valence-corrected chi connectivity index (χ2v) is 2.73. The van der Waals surface area contributed by atoms with Crippen molar-refractivity contribution in [1.29, 1.82) is 0 Å². The molecule has 0 saturated carbocycles. The van der Waals surface area contributed by atoms with E-state index in [0.717, 1.165) is 13.0 Å². The predicted octanol–water partition coefficient (Wildman–Crippen LogP) is 2.05. The summed E-state index contributed by atoms with van der Waals surface area (Å²) < 4.78 is 1.74. The predicted molar refractivity (Wildman–Crippen MR) is 51.7 cm³/mol. The maximum absolute atomic E-state index is 11.4. The van der Waals surface area contributed by atoms with Crippen molar-refractivity contribution in [2.24, 2.45) is 0 Å². The largest absolute Gasteiger partial charge is 0.287 e. The zero-order chi connectivity index (χ0) is 9.68. The topological polar surface area (TPSA) is 34.9 Å². The number of hydrogen-bond acceptors (Lipinski definition) is 2. The number of carbonyl (C=O) groups is 1. The highest BCUT2D eigenvalue weighted by Gasteiger charge is 2.04. The molecule has 0 saturated heterocycles. The summed E-state index contributed by atoms with van der Waals surface area (Å²) in [6.45, 7) is 4.78. The lowest BCUT2D eigenvalue weighted by atomic mass is 10.2. The van der Waals surface area contributed by atoms with Crippen LogP contribution in [-0.4, -0.2) is 15.6 Å². The maximum atomic E-state index is 11.4. The highest BCUT2D eigenvalue weighted by molar-refractivity contribution is 6.02. The molecule has 0 N–H and O–H groups in total. The fourth-order valence-corrected chi connectivity index (χ4v) is 0.979. The van der Waals surface area contributed by atoms with E-state index < -0.39 is 0 Å². The standard InChI is InChI=1S/C10H14N2O/c1-3-5-6-10(13)9-7-8-12(4-2)11-9/h5-8H,3-4H2,1-2H3/b6-5+. The molecule has 70 valence electrons. The molecule has 0 aliphatic heterocycles. The molecule has 0 aliphatic carbocycles. The number of nitrogens with zero attached hydrogens (tertiary/aromatic N) is 2. The lowest BCUT2D eigenvalue weighted by molar-refractivity contribution is 0.104. The molecule has 3 nitrogen and oxygen atoms in total. The van der Waals surface area contributed by atoms with Crippen molar-refractivity contribution >= 4 is 5.78 Å². The smallest absolute Gasteiger partial charge is 0.205 e. The van der Waals surface area contributed by atoms with Gasteiger partial charge in [0.05, 0.1) is 0 Å². The number of carbonyl (C=O) groups excluding carboxylic acids is 1. The molecule has 1 aromatic rings. The van der Waals surface area contributed by atoms with Gasteiger partial charge >= 0.3 is 0 Å². The summed E-state index contributed by atoms with van der Waals surface area (Å²) in [6, 6.07) is 1.74. The van der Waals surface area contributed by atoms with Crippen LogP contribution in [0.4, 0.5) is 0 Å². The van der Waals surface area contributed by atoms with Crippen molar-refractivity contribution in [2.75, 3.05) is 0 Å². The third-order valence-corrected chi connectivity index (χ3v) is 1.72. The fourth-order valence-electron chi connectivity index (χ4n) is 0.979. The summed E-state index contributed by atoms with van der Waals surface area (Å²) in [5.41, 5.74) is 0.520. The third-order valence-electron chi connectivity index (χ3n) is 1.72. The van der Waals surface area contributed by atoms with Crippen LogP contribution in [0.1, 0.15) is 30.8 Å². The lowest BCUT2D eigenvalue weighted by Gasteiger charge is -1.91. The van der Waals surface area contributed by atoms with Crippen molar-refractivity contribution < 1.29 is 4.79 Å². The van der Waals surface area contributed by atoms with E-state index in [1.807, 2.05) is 26.1 Å². The first-order chi connectivity index (χ1) is 6.27. The van der Waals surface area contributed by atoms with Gasteiger partial charge in [-0.3, -0.25) is 9.48 Å². The molecular formula is C10H14N2O. The van der Waals surface area contributed by atoms with Gasteiger partial charge in [0.2, 0.25) is 5.78 Å². The van der Waals surface area contributed by atoms with Crippen LogP contribution in [0, 0.1) is 0 Å². The highest BCUT2D eigenvalue weighted by Crippen LogP contribution is 1.98. The van der Waals surface area contributed by atoms with Crippen LogP contribution >= 0.6 is 0 Å². The molecule has 0 radical (unpaired) electrons. The van der Waals surface area contributed by atoms with E-state index >= 15 is 0 Å². The zero-order valence-corrected chi connectivity index (χ0v) is 8.03. The number of aryl methyl sites for hydroxylation is 1. The van der Waals surface area contributed by atoms with Crippen molar-refractivity contribution in [2.45, 2.75) is 26.8 Å². The van der Waals surface area contributed by atoms with Crippen LogP contribution in [-0.2, 0) is 6.54 Å².